The molecule has 1 aromatic carbocycles. The number of sulfonamides is 1. The summed E-state index contributed by atoms with van der Waals surface area (Å²) in [5.41, 5.74) is 7.23. The Bertz CT molecular complexity index is 768. The highest BCUT2D eigenvalue weighted by Gasteiger charge is 2.30. The first-order valence-electron chi connectivity index (χ1n) is 7.74. The second-order valence-electron chi connectivity index (χ2n) is 5.93. The minimum absolute atomic E-state index is 0.0668. The van der Waals surface area contributed by atoms with E-state index in [2.05, 4.69) is 9.71 Å². The van der Waals surface area contributed by atoms with Crippen LogP contribution in [0.4, 0.5) is 0 Å². The lowest BCUT2D eigenvalue weighted by Gasteiger charge is -2.19. The Labute approximate surface area is 136 Å². The first kappa shape index (κ1) is 16.2. The van der Waals surface area contributed by atoms with Crippen molar-refractivity contribution in [1.29, 1.82) is 0 Å². The average Bonchev–Trinajstić information content (AvgIpc) is 3.15. The zero-order chi connectivity index (χ0) is 16.4. The smallest absolute Gasteiger partial charge is 0.240 e. The lowest BCUT2D eigenvalue weighted by Crippen LogP contribution is -2.39. The highest BCUT2D eigenvalue weighted by molar-refractivity contribution is 7.89. The van der Waals surface area contributed by atoms with E-state index in [1.165, 1.54) is 0 Å². The van der Waals surface area contributed by atoms with Crippen LogP contribution in [0.2, 0.25) is 0 Å². The van der Waals surface area contributed by atoms with E-state index in [0.29, 0.717) is 18.1 Å². The highest BCUT2D eigenvalue weighted by Crippen LogP contribution is 2.27. The number of oxazole rings is 1. The predicted molar refractivity (Wildman–Crippen MR) is 87.2 cm³/mol. The van der Waals surface area contributed by atoms with Crippen LogP contribution >= 0.6 is 0 Å². The molecule has 1 aliphatic carbocycles. The van der Waals surface area contributed by atoms with Gasteiger partial charge >= 0.3 is 0 Å². The Balaban J connectivity index is 1.78. The molecule has 0 spiro atoms. The van der Waals surface area contributed by atoms with E-state index < -0.39 is 10.0 Å². The minimum Gasteiger partial charge on any atom is -0.449 e. The van der Waals surface area contributed by atoms with Gasteiger partial charge in [-0.25, -0.2) is 18.1 Å². The molecule has 1 heterocycles. The van der Waals surface area contributed by atoms with Gasteiger partial charge in [-0.2, -0.15) is 0 Å². The molecule has 2 aromatic rings. The Kier molecular flexibility index (Phi) is 4.52. The molecule has 1 fully saturated rings. The summed E-state index contributed by atoms with van der Waals surface area (Å²) in [6.07, 6.45) is 4.40. The molecule has 0 amide bonds. The van der Waals surface area contributed by atoms with E-state index >= 15 is 0 Å². The van der Waals surface area contributed by atoms with Gasteiger partial charge in [-0.1, -0.05) is 18.6 Å². The van der Waals surface area contributed by atoms with E-state index in [0.717, 1.165) is 24.8 Å². The number of nitrogens with one attached hydrogen (secondary N) is 1. The van der Waals surface area contributed by atoms with Crippen LogP contribution in [0.25, 0.3) is 11.3 Å². The monoisotopic (exact) mass is 335 g/mol. The lowest BCUT2D eigenvalue weighted by molar-refractivity contribution is 0.453. The molecule has 23 heavy (non-hydrogen) atoms. The van der Waals surface area contributed by atoms with E-state index in [9.17, 15) is 8.42 Å². The van der Waals surface area contributed by atoms with Gasteiger partial charge in [0, 0.05) is 18.5 Å². The second-order valence-corrected chi connectivity index (χ2v) is 7.64. The summed E-state index contributed by atoms with van der Waals surface area (Å²) >= 11 is 0. The molecule has 6 nitrogen and oxygen atoms in total. The van der Waals surface area contributed by atoms with Crippen molar-refractivity contribution in [3.63, 3.8) is 0 Å². The molecule has 2 unspecified atom stereocenters. The summed E-state index contributed by atoms with van der Waals surface area (Å²) < 4.78 is 33.0. The number of benzene rings is 1. The normalized spacial score (nSPS) is 21.7. The summed E-state index contributed by atoms with van der Waals surface area (Å²) in [7, 11) is -3.53. The fraction of sp³-hybridized carbons (Fsp3) is 0.438. The average molecular weight is 335 g/mol. The predicted octanol–water partition coefficient (Wildman–Crippen LogP) is 2.06. The number of aryl methyl sites for hydroxylation is 1. The molecule has 1 aromatic heterocycles. The maximum atomic E-state index is 12.5. The summed E-state index contributed by atoms with van der Waals surface area (Å²) in [5, 5.41) is 0. The van der Waals surface area contributed by atoms with Crippen LogP contribution in [0.5, 0.6) is 0 Å². The van der Waals surface area contributed by atoms with Gasteiger partial charge in [-0.05, 0) is 37.4 Å². The van der Waals surface area contributed by atoms with Crippen molar-refractivity contribution in [2.45, 2.75) is 37.1 Å². The topological polar surface area (TPSA) is 98.2 Å². The highest BCUT2D eigenvalue weighted by atomic mass is 32.2. The van der Waals surface area contributed by atoms with Crippen molar-refractivity contribution in [3.8, 4) is 11.3 Å². The molecule has 124 valence electrons. The Morgan fingerprint density at radius 2 is 2.04 bits per heavy atom. The van der Waals surface area contributed by atoms with Crippen LogP contribution in [0.15, 0.2) is 39.8 Å². The number of rotatable bonds is 5. The van der Waals surface area contributed by atoms with Gasteiger partial charge in [0.25, 0.3) is 0 Å². The Hall–Kier alpha value is -1.70. The lowest BCUT2D eigenvalue weighted by atomic mass is 10.1. The van der Waals surface area contributed by atoms with Gasteiger partial charge in [0.05, 0.1) is 4.90 Å². The van der Waals surface area contributed by atoms with Crippen molar-refractivity contribution in [3.05, 3.63) is 36.4 Å². The van der Waals surface area contributed by atoms with Crippen LogP contribution < -0.4 is 10.5 Å². The molecule has 1 aliphatic rings. The number of nitrogens with zero attached hydrogens (tertiary/aromatic N) is 1. The fourth-order valence-electron chi connectivity index (χ4n) is 3.04. The van der Waals surface area contributed by atoms with Crippen LogP contribution in [0.1, 0.15) is 25.2 Å². The molecular formula is C16H21N3O3S. The first-order chi connectivity index (χ1) is 11.0. The first-order valence-corrected chi connectivity index (χ1v) is 9.23. The van der Waals surface area contributed by atoms with Gasteiger partial charge in [-0.3, -0.25) is 0 Å². The zero-order valence-corrected chi connectivity index (χ0v) is 13.8. The molecule has 1 saturated carbocycles. The van der Waals surface area contributed by atoms with Crippen LogP contribution in [0, 0.1) is 12.8 Å². The molecule has 3 N–H and O–H groups in total. The minimum atomic E-state index is -3.53. The van der Waals surface area contributed by atoms with Gasteiger partial charge in [0.15, 0.2) is 5.89 Å². The molecule has 3 rings (SSSR count). The number of hydrogen-bond donors (Lipinski definition) is 2. The summed E-state index contributed by atoms with van der Waals surface area (Å²) in [5.74, 6) is 0.801. The Morgan fingerprint density at radius 1 is 1.30 bits per heavy atom. The van der Waals surface area contributed by atoms with Crippen LogP contribution in [0.3, 0.4) is 0 Å². The SMILES string of the molecule is Cc1nc(-c2ccc(S(=O)(=O)NC3CCCC3CN)cc2)co1. The van der Waals surface area contributed by atoms with Crippen LogP contribution in [-0.4, -0.2) is 26.0 Å². The number of aromatic nitrogens is 1. The molecule has 0 bridgehead atoms. The Morgan fingerprint density at radius 3 is 2.65 bits per heavy atom. The maximum absolute atomic E-state index is 12.5. The van der Waals surface area contributed by atoms with Gasteiger partial charge < -0.3 is 10.2 Å². The van der Waals surface area contributed by atoms with Crippen molar-refractivity contribution >= 4 is 10.0 Å². The van der Waals surface area contributed by atoms with E-state index in [1.807, 2.05) is 0 Å². The molecule has 0 saturated heterocycles. The number of hydrogen-bond acceptors (Lipinski definition) is 5. The van der Waals surface area contributed by atoms with E-state index in [-0.39, 0.29) is 16.9 Å². The zero-order valence-electron chi connectivity index (χ0n) is 13.0. The second kappa shape index (κ2) is 6.43. The molecular weight excluding hydrogens is 314 g/mol. The van der Waals surface area contributed by atoms with Crippen molar-refractivity contribution in [1.82, 2.24) is 9.71 Å². The number of nitrogens with two attached hydrogens (primary N) is 1. The molecule has 0 aliphatic heterocycles. The fourth-order valence-corrected chi connectivity index (χ4v) is 4.38. The van der Waals surface area contributed by atoms with E-state index in [4.69, 9.17) is 10.2 Å². The third kappa shape index (κ3) is 3.46. The molecule has 0 radical (unpaired) electrons. The van der Waals surface area contributed by atoms with Gasteiger partial charge in [-0.15, -0.1) is 0 Å². The van der Waals surface area contributed by atoms with Crippen LogP contribution in [-0.2, 0) is 10.0 Å². The summed E-state index contributed by atoms with van der Waals surface area (Å²) in [4.78, 5) is 4.49. The third-order valence-corrected chi connectivity index (χ3v) is 5.85. The van der Waals surface area contributed by atoms with Crippen molar-refractivity contribution in [2.75, 3.05) is 6.54 Å². The van der Waals surface area contributed by atoms with Crippen molar-refractivity contribution < 1.29 is 12.8 Å². The van der Waals surface area contributed by atoms with Gasteiger partial charge in [0.2, 0.25) is 10.0 Å². The standard InChI is InChI=1S/C16H21N3O3S/c1-11-18-16(10-22-11)12-5-7-14(8-6-12)23(20,21)19-15-4-2-3-13(15)9-17/h5-8,10,13,15,19H,2-4,9,17H2,1H3. The largest absolute Gasteiger partial charge is 0.449 e. The molecule has 2 atom stereocenters. The quantitative estimate of drug-likeness (QED) is 0.871. The van der Waals surface area contributed by atoms with Crippen molar-refractivity contribution in [2.24, 2.45) is 11.7 Å². The third-order valence-electron chi connectivity index (χ3n) is 4.35. The summed E-state index contributed by atoms with van der Waals surface area (Å²) in [6.45, 7) is 2.28. The van der Waals surface area contributed by atoms with Gasteiger partial charge in [0.1, 0.15) is 12.0 Å². The summed E-state index contributed by atoms with van der Waals surface area (Å²) in [6, 6.07) is 6.59. The van der Waals surface area contributed by atoms with E-state index in [1.54, 1.807) is 37.5 Å². The maximum Gasteiger partial charge on any atom is 0.240 e. The molecule has 7 heteroatoms.